The molecule has 228 valence electrons. The topological polar surface area (TPSA) is 122 Å². The summed E-state index contributed by atoms with van der Waals surface area (Å²) in [5.41, 5.74) is 3.91. The van der Waals surface area contributed by atoms with Crippen LogP contribution in [0, 0.1) is 0 Å². The summed E-state index contributed by atoms with van der Waals surface area (Å²) in [6.07, 6.45) is 3.94. The van der Waals surface area contributed by atoms with E-state index in [1.54, 1.807) is 35.0 Å². The van der Waals surface area contributed by atoms with Crippen LogP contribution >= 0.6 is 0 Å². The predicted molar refractivity (Wildman–Crippen MR) is 174 cm³/mol. The smallest absolute Gasteiger partial charge is 0.302 e. The number of amides is 1. The summed E-state index contributed by atoms with van der Waals surface area (Å²) in [5.74, 6) is -0.440. The molecule has 4 heterocycles. The molecule has 1 aliphatic heterocycles. The van der Waals surface area contributed by atoms with Crippen molar-refractivity contribution in [2.45, 2.75) is 19.5 Å². The van der Waals surface area contributed by atoms with Gasteiger partial charge in [-0.15, -0.1) is 10.2 Å². The van der Waals surface area contributed by atoms with Gasteiger partial charge in [-0.3, -0.25) is 19.1 Å². The van der Waals surface area contributed by atoms with Gasteiger partial charge in [0.1, 0.15) is 5.75 Å². The van der Waals surface area contributed by atoms with Crippen molar-refractivity contribution in [3.05, 3.63) is 114 Å². The molecule has 0 saturated carbocycles. The summed E-state index contributed by atoms with van der Waals surface area (Å²) >= 11 is 0. The number of likely N-dealkylation sites (tertiary alicyclic amines) is 1. The van der Waals surface area contributed by atoms with Crippen LogP contribution in [-0.2, 0) is 11.5 Å². The van der Waals surface area contributed by atoms with E-state index in [9.17, 15) is 14.7 Å². The summed E-state index contributed by atoms with van der Waals surface area (Å²) in [7, 11) is 0. The normalized spacial score (nSPS) is 13.6. The fourth-order valence-electron chi connectivity index (χ4n) is 5.77. The first-order chi connectivity index (χ1) is 22.5. The number of carbonyl (C=O) groups excluding carboxylic acids is 2. The third kappa shape index (κ3) is 5.85. The first kappa shape index (κ1) is 29.0. The molecular weight excluding hydrogens is 580 g/mol. The van der Waals surface area contributed by atoms with Crippen molar-refractivity contribution < 1.29 is 19.4 Å². The average molecular weight is 611 g/mol. The Morgan fingerprint density at radius 1 is 0.891 bits per heavy atom. The minimum absolute atomic E-state index is 0.0286. The van der Waals surface area contributed by atoms with Gasteiger partial charge in [-0.2, -0.15) is 0 Å². The van der Waals surface area contributed by atoms with Crippen LogP contribution in [0.15, 0.2) is 113 Å². The van der Waals surface area contributed by atoms with E-state index in [0.717, 1.165) is 42.4 Å². The molecule has 1 N–H and O–H groups in total. The van der Waals surface area contributed by atoms with Gasteiger partial charge in [-0.25, -0.2) is 9.97 Å². The van der Waals surface area contributed by atoms with Crippen molar-refractivity contribution in [3.8, 4) is 22.9 Å². The molecule has 1 saturated heterocycles. The molecule has 1 amide bonds. The SMILES string of the molecule is O=C(COc1ccc(C(=O)c2cc3cccnc3nc2-c2ccccc2)cc1)N=Nc1c(O)n(CN2CCCC2)c2ccccc12. The number of azo groups is 1. The van der Waals surface area contributed by atoms with Gasteiger partial charge >= 0.3 is 5.91 Å². The summed E-state index contributed by atoms with van der Waals surface area (Å²) in [6, 6.07) is 29.1. The van der Waals surface area contributed by atoms with E-state index < -0.39 is 5.91 Å². The quantitative estimate of drug-likeness (QED) is 0.139. The summed E-state index contributed by atoms with van der Waals surface area (Å²) < 4.78 is 7.45. The number of para-hydroxylation sites is 1. The number of nitrogens with zero attached hydrogens (tertiary/aromatic N) is 6. The molecule has 10 nitrogen and oxygen atoms in total. The Morgan fingerprint density at radius 3 is 2.46 bits per heavy atom. The highest BCUT2D eigenvalue weighted by Crippen LogP contribution is 2.39. The minimum atomic E-state index is -0.612. The first-order valence-electron chi connectivity index (χ1n) is 15.1. The van der Waals surface area contributed by atoms with E-state index in [0.29, 0.717) is 40.3 Å². The molecule has 0 atom stereocenters. The van der Waals surface area contributed by atoms with Crippen LogP contribution < -0.4 is 4.74 Å². The second-order valence-corrected chi connectivity index (χ2v) is 11.1. The zero-order valence-corrected chi connectivity index (χ0v) is 24.9. The number of aromatic hydroxyl groups is 1. The number of pyridine rings is 2. The molecule has 10 heteroatoms. The summed E-state index contributed by atoms with van der Waals surface area (Å²) in [6.45, 7) is 2.13. The van der Waals surface area contributed by atoms with Crippen LogP contribution in [0.25, 0.3) is 33.2 Å². The molecule has 1 fully saturated rings. The van der Waals surface area contributed by atoms with Gasteiger partial charge in [0.15, 0.2) is 23.7 Å². The number of rotatable bonds is 9. The van der Waals surface area contributed by atoms with Gasteiger partial charge in [0.05, 0.1) is 17.9 Å². The fourth-order valence-corrected chi connectivity index (χ4v) is 5.77. The summed E-state index contributed by atoms with van der Waals surface area (Å²) in [4.78, 5) is 37.6. The van der Waals surface area contributed by atoms with E-state index in [2.05, 4.69) is 20.1 Å². The van der Waals surface area contributed by atoms with Crippen molar-refractivity contribution in [1.82, 2.24) is 19.4 Å². The Balaban J connectivity index is 1.05. The van der Waals surface area contributed by atoms with Crippen LogP contribution in [0.5, 0.6) is 11.6 Å². The van der Waals surface area contributed by atoms with Gasteiger partial charge in [0.2, 0.25) is 5.88 Å². The van der Waals surface area contributed by atoms with Crippen molar-refractivity contribution >= 4 is 39.3 Å². The molecule has 1 aliphatic rings. The number of aromatic nitrogens is 3. The molecule has 3 aromatic heterocycles. The lowest BCUT2D eigenvalue weighted by molar-refractivity contribution is -0.120. The zero-order chi connectivity index (χ0) is 31.5. The molecule has 0 radical (unpaired) electrons. The highest BCUT2D eigenvalue weighted by Gasteiger charge is 2.21. The molecule has 0 unspecified atom stereocenters. The summed E-state index contributed by atoms with van der Waals surface area (Å²) in [5, 5.41) is 20.4. The van der Waals surface area contributed by atoms with Gasteiger partial charge in [0.25, 0.3) is 0 Å². The van der Waals surface area contributed by atoms with Gasteiger partial charge in [-0.1, -0.05) is 48.5 Å². The monoisotopic (exact) mass is 610 g/mol. The van der Waals surface area contributed by atoms with Crippen molar-refractivity contribution in [3.63, 3.8) is 0 Å². The van der Waals surface area contributed by atoms with Gasteiger partial charge < -0.3 is 9.84 Å². The fraction of sp³-hybridized carbons (Fsp3) is 0.167. The number of hydrogen-bond acceptors (Lipinski definition) is 8. The number of carbonyl (C=O) groups is 2. The van der Waals surface area contributed by atoms with Crippen LogP contribution in [0.3, 0.4) is 0 Å². The lowest BCUT2D eigenvalue weighted by Gasteiger charge is -2.17. The predicted octanol–water partition coefficient (Wildman–Crippen LogP) is 6.93. The number of fused-ring (bicyclic) bond motifs is 2. The van der Waals surface area contributed by atoms with Gasteiger partial charge in [0, 0.05) is 33.7 Å². The van der Waals surface area contributed by atoms with Crippen molar-refractivity contribution in [2.24, 2.45) is 10.2 Å². The maximum absolute atomic E-state index is 13.7. The minimum Gasteiger partial charge on any atom is -0.493 e. The second kappa shape index (κ2) is 12.7. The van der Waals surface area contributed by atoms with E-state index in [4.69, 9.17) is 9.72 Å². The zero-order valence-electron chi connectivity index (χ0n) is 24.9. The molecule has 7 rings (SSSR count). The Morgan fingerprint density at radius 2 is 1.65 bits per heavy atom. The first-order valence-corrected chi connectivity index (χ1v) is 15.1. The number of hydrogen-bond donors (Lipinski definition) is 1. The van der Waals surface area contributed by atoms with Crippen LogP contribution in [0.2, 0.25) is 0 Å². The third-order valence-corrected chi connectivity index (χ3v) is 8.08. The second-order valence-electron chi connectivity index (χ2n) is 11.1. The molecule has 6 aromatic rings. The number of ketones is 1. The maximum atomic E-state index is 13.7. The maximum Gasteiger partial charge on any atom is 0.302 e. The lowest BCUT2D eigenvalue weighted by Crippen LogP contribution is -2.22. The van der Waals surface area contributed by atoms with Crippen molar-refractivity contribution in [2.75, 3.05) is 19.7 Å². The van der Waals surface area contributed by atoms with Crippen LogP contribution in [0.1, 0.15) is 28.8 Å². The Labute approximate surface area is 264 Å². The lowest BCUT2D eigenvalue weighted by atomic mass is 9.97. The highest BCUT2D eigenvalue weighted by molar-refractivity contribution is 6.13. The largest absolute Gasteiger partial charge is 0.493 e. The average Bonchev–Trinajstić information content (AvgIpc) is 3.72. The standard InChI is InChI=1S/C36H30N6O4/c43-31(39-40-33-28-12-4-5-13-30(28)42(36(33)45)23-41-19-6-7-20-41)22-46-27-16-14-25(15-17-27)34(44)29-21-26-11-8-18-37-35(26)38-32(29)24-9-2-1-3-10-24/h1-5,8-18,21,45H,6-7,19-20,22-23H2. The molecule has 0 spiro atoms. The Bertz CT molecular complexity index is 2080. The van der Waals surface area contributed by atoms with E-state index in [1.165, 1.54) is 0 Å². The van der Waals surface area contributed by atoms with E-state index in [-0.39, 0.29) is 24.0 Å². The van der Waals surface area contributed by atoms with E-state index in [1.807, 2.05) is 72.8 Å². The van der Waals surface area contributed by atoms with Crippen LogP contribution in [0.4, 0.5) is 5.69 Å². The number of ether oxygens (including phenoxy) is 1. The Hall–Kier alpha value is -5.74. The molecule has 0 aliphatic carbocycles. The number of benzene rings is 3. The molecule has 46 heavy (non-hydrogen) atoms. The highest BCUT2D eigenvalue weighted by atomic mass is 16.5. The van der Waals surface area contributed by atoms with Crippen LogP contribution in [-0.4, -0.2) is 55.9 Å². The Kier molecular flexibility index (Phi) is 8.01. The van der Waals surface area contributed by atoms with Gasteiger partial charge in [-0.05, 0) is 74.5 Å². The van der Waals surface area contributed by atoms with E-state index >= 15 is 0 Å². The van der Waals surface area contributed by atoms with Crippen molar-refractivity contribution in [1.29, 1.82) is 0 Å². The molecule has 0 bridgehead atoms. The molecular formula is C36H30N6O4. The molecule has 3 aromatic carbocycles. The third-order valence-electron chi connectivity index (χ3n) is 8.08.